The van der Waals surface area contributed by atoms with E-state index in [0.717, 1.165) is 0 Å². The van der Waals surface area contributed by atoms with Crippen LogP contribution in [0, 0.1) is 6.92 Å². The lowest BCUT2D eigenvalue weighted by atomic mass is 10.0. The van der Waals surface area contributed by atoms with Crippen molar-refractivity contribution in [1.82, 2.24) is 0 Å². The molecule has 1 amide bonds. The Labute approximate surface area is 222 Å². The number of halogens is 2. The quantitative estimate of drug-likeness (QED) is 0.170. The molecule has 0 fully saturated rings. The van der Waals surface area contributed by atoms with Gasteiger partial charge < -0.3 is 15.2 Å². The molecular weight excluding hydrogens is 541 g/mol. The van der Waals surface area contributed by atoms with Gasteiger partial charge in [0.2, 0.25) is 0 Å². The molecule has 0 radical (unpaired) electrons. The number of aryl methyl sites for hydroxylation is 1. The standard InChI is InChI=1S/C25H19Cl2N3O6S/c1-13-9-18(27)24(37(33,34)35)20(10-13)29-30-22-16-6-4-3-5-14(16)11-17(23(22)31)25(32)28-19-12-15(26)7-8-21(19)36-2/h3-12,31H,1-2H3,(H,28,32)(H,33,34,35). The van der Waals surface area contributed by atoms with Crippen molar-refractivity contribution < 1.29 is 27.6 Å². The molecule has 0 heterocycles. The molecule has 0 aliphatic rings. The first-order valence-electron chi connectivity index (χ1n) is 10.6. The van der Waals surface area contributed by atoms with Crippen LogP contribution in [0.15, 0.2) is 75.8 Å². The highest BCUT2D eigenvalue weighted by Crippen LogP contribution is 2.41. The van der Waals surface area contributed by atoms with Gasteiger partial charge in [0, 0.05) is 10.4 Å². The molecule has 0 spiro atoms. The Morgan fingerprint density at radius 1 is 1.03 bits per heavy atom. The Kier molecular flexibility index (Phi) is 7.37. The third kappa shape index (κ3) is 5.52. The van der Waals surface area contributed by atoms with Crippen LogP contribution in [-0.2, 0) is 10.1 Å². The smallest absolute Gasteiger partial charge is 0.298 e. The number of hydrogen-bond donors (Lipinski definition) is 3. The zero-order valence-corrected chi connectivity index (χ0v) is 21.7. The van der Waals surface area contributed by atoms with E-state index in [1.807, 2.05) is 0 Å². The Balaban J connectivity index is 1.86. The number of amides is 1. The van der Waals surface area contributed by atoms with E-state index in [9.17, 15) is 22.9 Å². The van der Waals surface area contributed by atoms with Crippen molar-refractivity contribution in [2.45, 2.75) is 11.8 Å². The molecule has 4 aromatic rings. The highest BCUT2D eigenvalue weighted by molar-refractivity contribution is 7.86. The number of carbonyl (C=O) groups excluding carboxylic acids is 1. The van der Waals surface area contributed by atoms with Crippen LogP contribution in [0.2, 0.25) is 10.0 Å². The first kappa shape index (κ1) is 26.4. The number of phenols is 1. The number of nitrogens with one attached hydrogen (secondary N) is 1. The molecule has 3 N–H and O–H groups in total. The van der Waals surface area contributed by atoms with Crippen molar-refractivity contribution in [3.63, 3.8) is 0 Å². The second kappa shape index (κ2) is 10.3. The van der Waals surface area contributed by atoms with Crippen LogP contribution >= 0.6 is 23.2 Å². The van der Waals surface area contributed by atoms with Gasteiger partial charge in [0.05, 0.1) is 23.4 Å². The zero-order valence-electron chi connectivity index (χ0n) is 19.4. The molecule has 37 heavy (non-hydrogen) atoms. The number of anilines is 1. The predicted octanol–water partition coefficient (Wildman–Crippen LogP) is 7.08. The van der Waals surface area contributed by atoms with Gasteiger partial charge in [0.25, 0.3) is 16.0 Å². The number of rotatable bonds is 6. The molecule has 0 aromatic heterocycles. The summed E-state index contributed by atoms with van der Waals surface area (Å²) in [5, 5.41) is 22.9. The van der Waals surface area contributed by atoms with Crippen LogP contribution in [0.5, 0.6) is 11.5 Å². The summed E-state index contributed by atoms with van der Waals surface area (Å²) in [7, 11) is -3.31. The molecule has 190 valence electrons. The van der Waals surface area contributed by atoms with Gasteiger partial charge in [-0.2, -0.15) is 8.42 Å². The zero-order chi connectivity index (χ0) is 26.9. The number of azo groups is 1. The van der Waals surface area contributed by atoms with Crippen LogP contribution in [-0.4, -0.2) is 31.1 Å². The SMILES string of the molecule is COc1ccc(Cl)cc1NC(=O)c1cc2ccccc2c(N=Nc2cc(C)cc(Cl)c2S(=O)(=O)O)c1O. The highest BCUT2D eigenvalue weighted by Gasteiger charge is 2.22. The van der Waals surface area contributed by atoms with E-state index < -0.39 is 26.7 Å². The van der Waals surface area contributed by atoms with Crippen LogP contribution < -0.4 is 10.1 Å². The summed E-state index contributed by atoms with van der Waals surface area (Å²) in [4.78, 5) is 12.6. The number of benzene rings is 4. The van der Waals surface area contributed by atoms with Crippen molar-refractivity contribution >= 4 is 67.1 Å². The third-order valence-corrected chi connectivity index (χ3v) is 6.92. The van der Waals surface area contributed by atoms with Gasteiger partial charge in [0.15, 0.2) is 5.75 Å². The molecular formula is C25H19Cl2N3O6S. The molecule has 0 unspecified atom stereocenters. The molecule has 9 nitrogen and oxygen atoms in total. The maximum atomic E-state index is 13.2. The van der Waals surface area contributed by atoms with E-state index in [2.05, 4.69) is 15.5 Å². The summed E-state index contributed by atoms with van der Waals surface area (Å²) < 4.78 is 38.7. The third-order valence-electron chi connectivity index (χ3n) is 5.33. The predicted molar refractivity (Wildman–Crippen MR) is 142 cm³/mol. The molecule has 0 aliphatic carbocycles. The van der Waals surface area contributed by atoms with Gasteiger partial charge in [-0.25, -0.2) is 0 Å². The Morgan fingerprint density at radius 2 is 1.76 bits per heavy atom. The average Bonchev–Trinajstić information content (AvgIpc) is 2.82. The fourth-order valence-electron chi connectivity index (χ4n) is 3.70. The number of hydrogen-bond acceptors (Lipinski definition) is 7. The number of carbonyl (C=O) groups is 1. The van der Waals surface area contributed by atoms with Crippen molar-refractivity contribution in [3.8, 4) is 11.5 Å². The summed E-state index contributed by atoms with van der Waals surface area (Å²) >= 11 is 12.1. The summed E-state index contributed by atoms with van der Waals surface area (Å²) in [6, 6.07) is 15.7. The second-order valence-electron chi connectivity index (χ2n) is 7.91. The van der Waals surface area contributed by atoms with E-state index >= 15 is 0 Å². The van der Waals surface area contributed by atoms with Gasteiger partial charge in [-0.05, 0) is 54.3 Å². The van der Waals surface area contributed by atoms with Gasteiger partial charge in [0.1, 0.15) is 22.0 Å². The lowest BCUT2D eigenvalue weighted by molar-refractivity contribution is 0.102. The minimum absolute atomic E-state index is 0.0970. The fraction of sp³-hybridized carbons (Fsp3) is 0.0800. The minimum Gasteiger partial charge on any atom is -0.505 e. The lowest BCUT2D eigenvalue weighted by Crippen LogP contribution is -2.13. The number of phenolic OH excluding ortho intramolecular Hbond substituents is 1. The van der Waals surface area contributed by atoms with Crippen LogP contribution in [0.4, 0.5) is 17.1 Å². The average molecular weight is 560 g/mol. The van der Waals surface area contributed by atoms with E-state index in [0.29, 0.717) is 27.1 Å². The van der Waals surface area contributed by atoms with E-state index in [1.165, 1.54) is 31.4 Å². The molecule has 12 heteroatoms. The molecule has 4 rings (SSSR count). The molecule has 4 aromatic carbocycles. The molecule has 0 atom stereocenters. The summed E-state index contributed by atoms with van der Waals surface area (Å²) in [6.07, 6.45) is 0. The van der Waals surface area contributed by atoms with Crippen molar-refractivity contribution in [2.24, 2.45) is 10.2 Å². The van der Waals surface area contributed by atoms with Gasteiger partial charge >= 0.3 is 0 Å². The van der Waals surface area contributed by atoms with E-state index in [4.69, 9.17) is 27.9 Å². The highest BCUT2D eigenvalue weighted by atomic mass is 35.5. The van der Waals surface area contributed by atoms with E-state index in [-0.39, 0.29) is 27.6 Å². The number of aromatic hydroxyl groups is 1. The molecule has 0 saturated heterocycles. The van der Waals surface area contributed by atoms with Crippen molar-refractivity contribution in [2.75, 3.05) is 12.4 Å². The summed E-state index contributed by atoms with van der Waals surface area (Å²) in [5.74, 6) is -0.836. The lowest BCUT2D eigenvalue weighted by Gasteiger charge is -2.13. The van der Waals surface area contributed by atoms with Crippen molar-refractivity contribution in [3.05, 3.63) is 81.8 Å². The first-order chi connectivity index (χ1) is 17.5. The second-order valence-corrected chi connectivity index (χ2v) is 10.1. The monoisotopic (exact) mass is 559 g/mol. The number of ether oxygens (including phenoxy) is 1. The largest absolute Gasteiger partial charge is 0.505 e. The van der Waals surface area contributed by atoms with Crippen LogP contribution in [0.25, 0.3) is 10.8 Å². The van der Waals surface area contributed by atoms with Crippen molar-refractivity contribution in [1.29, 1.82) is 0 Å². The van der Waals surface area contributed by atoms with Gasteiger partial charge in [-0.15, -0.1) is 10.2 Å². The molecule has 0 bridgehead atoms. The summed E-state index contributed by atoms with van der Waals surface area (Å²) in [6.45, 7) is 1.65. The first-order valence-corrected chi connectivity index (χ1v) is 12.8. The Bertz CT molecular complexity index is 1690. The minimum atomic E-state index is -4.74. The molecule has 0 saturated carbocycles. The summed E-state index contributed by atoms with van der Waals surface area (Å²) in [5.41, 5.74) is 0.369. The maximum Gasteiger partial charge on any atom is 0.298 e. The number of fused-ring (bicyclic) bond motifs is 1. The molecule has 0 aliphatic heterocycles. The van der Waals surface area contributed by atoms with Gasteiger partial charge in [-0.1, -0.05) is 47.5 Å². The van der Waals surface area contributed by atoms with E-state index in [1.54, 1.807) is 43.3 Å². The number of methoxy groups -OCH3 is 1. The fourth-order valence-corrected chi connectivity index (χ4v) is 5.11. The van der Waals surface area contributed by atoms with Crippen LogP contribution in [0.3, 0.4) is 0 Å². The Morgan fingerprint density at radius 3 is 2.46 bits per heavy atom. The Hall–Kier alpha value is -3.70. The van der Waals surface area contributed by atoms with Gasteiger partial charge in [-0.3, -0.25) is 9.35 Å². The maximum absolute atomic E-state index is 13.2. The normalized spacial score (nSPS) is 11.7. The number of nitrogens with zero attached hydrogens (tertiary/aromatic N) is 2. The van der Waals surface area contributed by atoms with Crippen LogP contribution in [0.1, 0.15) is 15.9 Å². The topological polar surface area (TPSA) is 138 Å².